The Bertz CT molecular complexity index is 1200. The van der Waals surface area contributed by atoms with Crippen molar-refractivity contribution in [2.45, 2.75) is 32.4 Å². The number of oxime groups is 1. The quantitative estimate of drug-likeness (QED) is 0.588. The summed E-state index contributed by atoms with van der Waals surface area (Å²) in [7, 11) is 0. The standard InChI is InChI=1S/C24H22F2N4O/c1-16-14-29(15-27-16)22-10-5-17(13-21(22)26)12-18-4-3-11-30-23(18)28-31-24(30,2)19-6-8-20(25)9-7-19/h5-10,12-15H,3-4,11H2,1-2H3/b18-12+. The van der Waals surface area contributed by atoms with Crippen LogP contribution in [0.15, 0.2) is 65.7 Å². The minimum Gasteiger partial charge on any atom is -0.360 e. The van der Waals surface area contributed by atoms with Gasteiger partial charge in [-0.05, 0) is 61.2 Å². The van der Waals surface area contributed by atoms with Crippen molar-refractivity contribution in [3.05, 3.63) is 89.0 Å². The predicted molar refractivity (Wildman–Crippen MR) is 114 cm³/mol. The molecule has 2 aliphatic heterocycles. The second-order valence-electron chi connectivity index (χ2n) is 8.05. The number of aromatic nitrogens is 2. The molecule has 5 rings (SSSR count). The molecular weight excluding hydrogens is 398 g/mol. The van der Waals surface area contributed by atoms with Crippen molar-refractivity contribution in [1.82, 2.24) is 14.5 Å². The first-order chi connectivity index (χ1) is 14.9. The van der Waals surface area contributed by atoms with Crippen LogP contribution in [0.25, 0.3) is 11.8 Å². The van der Waals surface area contributed by atoms with Crippen molar-refractivity contribution < 1.29 is 13.6 Å². The lowest BCUT2D eigenvalue weighted by Crippen LogP contribution is -2.46. The Morgan fingerprint density at radius 1 is 1.13 bits per heavy atom. The van der Waals surface area contributed by atoms with E-state index >= 15 is 0 Å². The predicted octanol–water partition coefficient (Wildman–Crippen LogP) is 5.15. The molecule has 0 amide bonds. The number of nitrogens with zero attached hydrogens (tertiary/aromatic N) is 4. The van der Waals surface area contributed by atoms with E-state index in [4.69, 9.17) is 4.84 Å². The Kier molecular flexibility index (Phi) is 4.61. The number of imidazole rings is 1. The number of amidine groups is 1. The van der Waals surface area contributed by atoms with E-state index in [-0.39, 0.29) is 11.6 Å². The Hall–Kier alpha value is -3.48. The van der Waals surface area contributed by atoms with Crippen molar-refractivity contribution in [3.63, 3.8) is 0 Å². The fraction of sp³-hybridized carbons (Fsp3) is 0.250. The van der Waals surface area contributed by atoms with Gasteiger partial charge in [0.15, 0.2) is 5.84 Å². The molecule has 1 saturated heterocycles. The van der Waals surface area contributed by atoms with E-state index in [1.54, 1.807) is 35.3 Å². The van der Waals surface area contributed by atoms with Gasteiger partial charge in [-0.25, -0.2) is 13.8 Å². The molecule has 0 bridgehead atoms. The lowest BCUT2D eigenvalue weighted by molar-refractivity contribution is -0.0913. The topological polar surface area (TPSA) is 42.7 Å². The maximum absolute atomic E-state index is 14.8. The summed E-state index contributed by atoms with van der Waals surface area (Å²) in [5, 5.41) is 4.35. The molecule has 3 heterocycles. The van der Waals surface area contributed by atoms with Crippen LogP contribution < -0.4 is 0 Å². The van der Waals surface area contributed by atoms with Crippen LogP contribution in [0.1, 0.15) is 36.6 Å². The molecule has 158 valence electrons. The molecule has 31 heavy (non-hydrogen) atoms. The third-order valence-corrected chi connectivity index (χ3v) is 5.88. The highest BCUT2D eigenvalue weighted by molar-refractivity contribution is 6.03. The molecule has 0 N–H and O–H groups in total. The van der Waals surface area contributed by atoms with E-state index in [9.17, 15) is 8.78 Å². The molecule has 2 aliphatic rings. The smallest absolute Gasteiger partial charge is 0.234 e. The van der Waals surface area contributed by atoms with Gasteiger partial charge in [0.2, 0.25) is 5.72 Å². The molecule has 1 atom stereocenters. The average molecular weight is 420 g/mol. The van der Waals surface area contributed by atoms with Crippen molar-refractivity contribution >= 4 is 11.9 Å². The molecule has 0 radical (unpaired) electrons. The Morgan fingerprint density at radius 3 is 2.65 bits per heavy atom. The summed E-state index contributed by atoms with van der Waals surface area (Å²) < 4.78 is 29.8. The molecule has 0 saturated carbocycles. The van der Waals surface area contributed by atoms with Gasteiger partial charge in [-0.3, -0.25) is 0 Å². The van der Waals surface area contributed by atoms with Gasteiger partial charge in [0.25, 0.3) is 0 Å². The molecule has 1 unspecified atom stereocenters. The molecule has 1 fully saturated rings. The minimum atomic E-state index is -0.795. The average Bonchev–Trinajstić information content (AvgIpc) is 3.34. The van der Waals surface area contributed by atoms with Crippen LogP contribution in [0.4, 0.5) is 8.78 Å². The zero-order valence-corrected chi connectivity index (χ0v) is 17.3. The van der Waals surface area contributed by atoms with E-state index in [0.717, 1.165) is 47.6 Å². The highest BCUT2D eigenvalue weighted by atomic mass is 19.1. The van der Waals surface area contributed by atoms with E-state index in [1.807, 2.05) is 26.0 Å². The summed E-state index contributed by atoms with van der Waals surface area (Å²) in [6.07, 6.45) is 7.08. The van der Waals surface area contributed by atoms with Gasteiger partial charge >= 0.3 is 0 Å². The van der Waals surface area contributed by atoms with Crippen LogP contribution in [0.5, 0.6) is 0 Å². The zero-order chi connectivity index (χ0) is 21.6. The fourth-order valence-electron chi connectivity index (χ4n) is 4.20. The first kappa shape index (κ1) is 19.5. The molecule has 5 nitrogen and oxygen atoms in total. The number of fused-ring (bicyclic) bond motifs is 1. The number of hydrogen-bond donors (Lipinski definition) is 0. The van der Waals surface area contributed by atoms with Crippen LogP contribution in [0.3, 0.4) is 0 Å². The van der Waals surface area contributed by atoms with Crippen molar-refractivity contribution in [2.24, 2.45) is 5.16 Å². The van der Waals surface area contributed by atoms with Gasteiger partial charge in [-0.2, -0.15) is 0 Å². The molecule has 0 spiro atoms. The Labute approximate surface area is 179 Å². The van der Waals surface area contributed by atoms with Crippen molar-refractivity contribution in [2.75, 3.05) is 6.54 Å². The number of aryl methyl sites for hydroxylation is 1. The highest BCUT2D eigenvalue weighted by Gasteiger charge is 2.45. The fourth-order valence-corrected chi connectivity index (χ4v) is 4.20. The largest absolute Gasteiger partial charge is 0.360 e. The first-order valence-corrected chi connectivity index (χ1v) is 10.3. The summed E-state index contributed by atoms with van der Waals surface area (Å²) >= 11 is 0. The van der Waals surface area contributed by atoms with Crippen LogP contribution in [-0.2, 0) is 10.6 Å². The summed E-state index contributed by atoms with van der Waals surface area (Å²) in [5.74, 6) is 0.134. The van der Waals surface area contributed by atoms with Gasteiger partial charge in [0.1, 0.15) is 11.6 Å². The molecule has 7 heteroatoms. The third-order valence-electron chi connectivity index (χ3n) is 5.88. The van der Waals surface area contributed by atoms with Crippen molar-refractivity contribution in [1.29, 1.82) is 0 Å². The summed E-state index contributed by atoms with van der Waals surface area (Å²) in [4.78, 5) is 12.1. The van der Waals surface area contributed by atoms with Gasteiger partial charge < -0.3 is 14.3 Å². The zero-order valence-electron chi connectivity index (χ0n) is 17.3. The SMILES string of the molecule is Cc1cn(-c2ccc(/C=C3\CCCN4C3=NOC4(C)c3ccc(F)cc3)cc2F)cn1. The van der Waals surface area contributed by atoms with E-state index in [0.29, 0.717) is 5.69 Å². The number of halogens is 2. The van der Waals surface area contributed by atoms with Crippen LogP contribution >= 0.6 is 0 Å². The number of hydrogen-bond acceptors (Lipinski definition) is 4. The Balaban J connectivity index is 1.44. The first-order valence-electron chi connectivity index (χ1n) is 10.3. The number of rotatable bonds is 3. The molecule has 0 aliphatic carbocycles. The van der Waals surface area contributed by atoms with Crippen molar-refractivity contribution in [3.8, 4) is 5.69 Å². The maximum atomic E-state index is 14.8. The number of piperidine rings is 1. The highest BCUT2D eigenvalue weighted by Crippen LogP contribution is 2.40. The molecule has 3 aromatic rings. The maximum Gasteiger partial charge on any atom is 0.234 e. The van der Waals surface area contributed by atoms with Gasteiger partial charge in [-0.1, -0.05) is 23.4 Å². The normalized spacial score (nSPS) is 21.7. The van der Waals surface area contributed by atoms with Gasteiger partial charge in [0, 0.05) is 25.2 Å². The summed E-state index contributed by atoms with van der Waals surface area (Å²) in [6.45, 7) is 4.57. The lowest BCUT2D eigenvalue weighted by Gasteiger charge is -2.37. The van der Waals surface area contributed by atoms with E-state index in [2.05, 4.69) is 15.0 Å². The molecule has 2 aromatic carbocycles. The second kappa shape index (κ2) is 7.34. The summed E-state index contributed by atoms with van der Waals surface area (Å²) in [5.41, 5.74) is 3.07. The monoisotopic (exact) mass is 420 g/mol. The molecule has 1 aromatic heterocycles. The Morgan fingerprint density at radius 2 is 1.94 bits per heavy atom. The van der Waals surface area contributed by atoms with Crippen LogP contribution in [0, 0.1) is 18.6 Å². The number of benzene rings is 2. The van der Waals surface area contributed by atoms with Gasteiger partial charge in [0.05, 0.1) is 17.7 Å². The third kappa shape index (κ3) is 3.40. The van der Waals surface area contributed by atoms with Crippen LogP contribution in [0.2, 0.25) is 0 Å². The van der Waals surface area contributed by atoms with Gasteiger partial charge in [-0.15, -0.1) is 0 Å². The van der Waals surface area contributed by atoms with Crippen LogP contribution in [-0.4, -0.2) is 26.8 Å². The van der Waals surface area contributed by atoms with E-state index in [1.165, 1.54) is 18.2 Å². The molecular formula is C24H22F2N4O. The van der Waals surface area contributed by atoms with E-state index < -0.39 is 5.72 Å². The minimum absolute atomic E-state index is 0.290. The second-order valence-corrected chi connectivity index (χ2v) is 8.05. The summed E-state index contributed by atoms with van der Waals surface area (Å²) in [6, 6.07) is 11.4. The lowest BCUT2D eigenvalue weighted by atomic mass is 9.95.